The average molecular weight is 324 g/mol. The molecule has 1 amide bonds. The molecule has 0 spiro atoms. The van der Waals surface area contributed by atoms with Crippen molar-refractivity contribution in [2.24, 2.45) is 0 Å². The summed E-state index contributed by atoms with van der Waals surface area (Å²) < 4.78 is 7.13. The average Bonchev–Trinajstić information content (AvgIpc) is 3.24. The van der Waals surface area contributed by atoms with Crippen molar-refractivity contribution in [3.63, 3.8) is 0 Å². The molecule has 0 aliphatic heterocycles. The second-order valence-corrected chi connectivity index (χ2v) is 5.69. The van der Waals surface area contributed by atoms with Crippen LogP contribution in [0.2, 0.25) is 0 Å². The summed E-state index contributed by atoms with van der Waals surface area (Å²) in [6, 6.07) is 13.5. The minimum atomic E-state index is -0.145. The Kier molecular flexibility index (Phi) is 4.74. The Balaban J connectivity index is 1.66. The van der Waals surface area contributed by atoms with E-state index in [-0.39, 0.29) is 18.4 Å². The summed E-state index contributed by atoms with van der Waals surface area (Å²) in [4.78, 5) is 12.3. The van der Waals surface area contributed by atoms with Gasteiger partial charge in [0.2, 0.25) is 5.91 Å². The normalized spacial score (nSPS) is 12.1. The van der Waals surface area contributed by atoms with Crippen LogP contribution in [-0.4, -0.2) is 20.8 Å². The third-order valence-corrected chi connectivity index (χ3v) is 3.91. The van der Waals surface area contributed by atoms with Gasteiger partial charge >= 0.3 is 0 Å². The van der Waals surface area contributed by atoms with Crippen molar-refractivity contribution in [1.29, 1.82) is 0 Å². The molecule has 24 heavy (non-hydrogen) atoms. The fraction of sp³-hybridized carbons (Fsp3) is 0.278. The first-order valence-electron chi connectivity index (χ1n) is 8.01. The van der Waals surface area contributed by atoms with Crippen LogP contribution in [0.25, 0.3) is 11.3 Å². The molecule has 0 radical (unpaired) electrons. The van der Waals surface area contributed by atoms with Crippen LogP contribution in [0, 0.1) is 0 Å². The monoisotopic (exact) mass is 324 g/mol. The lowest BCUT2D eigenvalue weighted by Crippen LogP contribution is -2.19. The van der Waals surface area contributed by atoms with Crippen LogP contribution < -0.4 is 5.32 Å². The summed E-state index contributed by atoms with van der Waals surface area (Å²) in [5.74, 6) is 1.21. The van der Waals surface area contributed by atoms with E-state index >= 15 is 0 Å². The molecule has 2 aromatic heterocycles. The fourth-order valence-electron chi connectivity index (χ4n) is 2.42. The number of nitrogens with one attached hydrogen (secondary N) is 1. The highest BCUT2D eigenvalue weighted by molar-refractivity contribution is 5.91. The fourth-order valence-corrected chi connectivity index (χ4v) is 2.42. The van der Waals surface area contributed by atoms with Crippen LogP contribution in [0.4, 0.5) is 5.82 Å². The van der Waals surface area contributed by atoms with Crippen molar-refractivity contribution in [2.45, 2.75) is 32.7 Å². The van der Waals surface area contributed by atoms with Gasteiger partial charge in [0.1, 0.15) is 5.82 Å². The number of carbonyl (C=O) groups excluding carboxylic acids is 1. The smallest absolute Gasteiger partial charge is 0.231 e. The summed E-state index contributed by atoms with van der Waals surface area (Å²) in [5, 5.41) is 11.1. The molecule has 0 aliphatic carbocycles. The van der Waals surface area contributed by atoms with Crippen LogP contribution in [-0.2, 0) is 11.2 Å². The summed E-state index contributed by atoms with van der Waals surface area (Å²) in [6.45, 7) is 4.14. The first-order chi connectivity index (χ1) is 11.7. The van der Waals surface area contributed by atoms with Crippen LogP contribution in [0.15, 0.2) is 53.2 Å². The molecule has 3 aromatic rings. The molecule has 1 atom stereocenters. The van der Waals surface area contributed by atoms with E-state index in [1.165, 1.54) is 0 Å². The van der Waals surface area contributed by atoms with Gasteiger partial charge in [-0.25, -0.2) is 4.68 Å². The number of carbonyl (C=O) groups is 1. The van der Waals surface area contributed by atoms with Crippen molar-refractivity contribution in [3.8, 4) is 11.3 Å². The second kappa shape index (κ2) is 7.12. The molecule has 1 unspecified atom stereocenters. The van der Waals surface area contributed by atoms with E-state index in [2.05, 4.69) is 29.4 Å². The van der Waals surface area contributed by atoms with E-state index in [0.29, 0.717) is 17.3 Å². The van der Waals surface area contributed by atoms with Crippen molar-refractivity contribution in [2.75, 3.05) is 5.32 Å². The molecule has 0 saturated heterocycles. The number of amides is 1. The summed E-state index contributed by atoms with van der Waals surface area (Å²) in [6.07, 6.45) is 2.78. The third kappa shape index (κ3) is 3.53. The summed E-state index contributed by atoms with van der Waals surface area (Å²) in [7, 11) is 0. The third-order valence-electron chi connectivity index (χ3n) is 3.91. The van der Waals surface area contributed by atoms with Gasteiger partial charge in [0.15, 0.2) is 5.76 Å². The number of hydrogen-bond donors (Lipinski definition) is 1. The van der Waals surface area contributed by atoms with Gasteiger partial charge in [0, 0.05) is 17.7 Å². The Labute approximate surface area is 140 Å². The maximum absolute atomic E-state index is 12.3. The maximum atomic E-state index is 12.3. The minimum Gasteiger partial charge on any atom is -0.356 e. The topological polar surface area (TPSA) is 73.0 Å². The molecule has 2 heterocycles. The second-order valence-electron chi connectivity index (χ2n) is 5.69. The van der Waals surface area contributed by atoms with E-state index in [1.807, 2.05) is 35.0 Å². The molecule has 0 aliphatic rings. The standard InChI is InChI=1S/C18H20N4O2/c1-3-13(2)22-17(9-10-19-22)20-18(23)12-15-11-16(24-21-15)14-7-5-4-6-8-14/h4-11,13H,3,12H2,1-2H3,(H,20,23). The van der Waals surface area contributed by atoms with Gasteiger partial charge in [0.25, 0.3) is 0 Å². The lowest BCUT2D eigenvalue weighted by Gasteiger charge is -2.13. The number of anilines is 1. The Bertz CT molecular complexity index is 807. The van der Waals surface area contributed by atoms with E-state index in [1.54, 1.807) is 18.3 Å². The highest BCUT2D eigenvalue weighted by Crippen LogP contribution is 2.20. The van der Waals surface area contributed by atoms with E-state index in [9.17, 15) is 4.79 Å². The molecule has 0 fully saturated rings. The quantitative estimate of drug-likeness (QED) is 0.750. The highest BCUT2D eigenvalue weighted by Gasteiger charge is 2.14. The zero-order chi connectivity index (χ0) is 16.9. The first-order valence-corrected chi connectivity index (χ1v) is 8.01. The summed E-state index contributed by atoms with van der Waals surface area (Å²) >= 11 is 0. The number of nitrogens with zero attached hydrogens (tertiary/aromatic N) is 3. The van der Waals surface area contributed by atoms with Gasteiger partial charge in [0.05, 0.1) is 24.4 Å². The van der Waals surface area contributed by atoms with Crippen molar-refractivity contribution < 1.29 is 9.32 Å². The van der Waals surface area contributed by atoms with E-state index in [0.717, 1.165) is 12.0 Å². The Morgan fingerprint density at radius 2 is 2.08 bits per heavy atom. The SMILES string of the molecule is CCC(C)n1nccc1NC(=O)Cc1cc(-c2ccccc2)on1. The van der Waals surface area contributed by atoms with Crippen LogP contribution in [0.5, 0.6) is 0 Å². The molecule has 124 valence electrons. The van der Waals surface area contributed by atoms with E-state index in [4.69, 9.17) is 4.52 Å². The largest absolute Gasteiger partial charge is 0.356 e. The van der Waals surface area contributed by atoms with Crippen molar-refractivity contribution >= 4 is 11.7 Å². The summed E-state index contributed by atoms with van der Waals surface area (Å²) in [5.41, 5.74) is 1.53. The van der Waals surface area contributed by atoms with Gasteiger partial charge in [-0.1, -0.05) is 42.4 Å². The van der Waals surface area contributed by atoms with E-state index < -0.39 is 0 Å². The van der Waals surface area contributed by atoms with Gasteiger partial charge in [-0.05, 0) is 13.3 Å². The predicted octanol–water partition coefficient (Wildman–Crippen LogP) is 3.69. The van der Waals surface area contributed by atoms with Gasteiger partial charge < -0.3 is 9.84 Å². The number of aromatic nitrogens is 3. The van der Waals surface area contributed by atoms with Gasteiger partial charge in [-0.2, -0.15) is 5.10 Å². The predicted molar refractivity (Wildman–Crippen MR) is 91.5 cm³/mol. The van der Waals surface area contributed by atoms with Gasteiger partial charge in [-0.3, -0.25) is 4.79 Å². The number of hydrogen-bond acceptors (Lipinski definition) is 4. The Hall–Kier alpha value is -2.89. The molecular formula is C18H20N4O2. The zero-order valence-electron chi connectivity index (χ0n) is 13.8. The molecule has 1 N–H and O–H groups in total. The first kappa shape index (κ1) is 16.0. The highest BCUT2D eigenvalue weighted by atomic mass is 16.5. The lowest BCUT2D eigenvalue weighted by molar-refractivity contribution is -0.115. The molecule has 3 rings (SSSR count). The van der Waals surface area contributed by atoms with Gasteiger partial charge in [-0.15, -0.1) is 0 Å². The minimum absolute atomic E-state index is 0.145. The molecule has 6 nitrogen and oxygen atoms in total. The van der Waals surface area contributed by atoms with Crippen molar-refractivity contribution in [1.82, 2.24) is 14.9 Å². The van der Waals surface area contributed by atoms with Crippen LogP contribution in [0.3, 0.4) is 0 Å². The maximum Gasteiger partial charge on any atom is 0.231 e. The zero-order valence-corrected chi connectivity index (χ0v) is 13.8. The van der Waals surface area contributed by atoms with Crippen LogP contribution >= 0.6 is 0 Å². The Morgan fingerprint density at radius 1 is 1.29 bits per heavy atom. The van der Waals surface area contributed by atoms with Crippen molar-refractivity contribution in [3.05, 3.63) is 54.4 Å². The molecular weight excluding hydrogens is 304 g/mol. The lowest BCUT2D eigenvalue weighted by atomic mass is 10.1. The molecule has 6 heteroatoms. The Morgan fingerprint density at radius 3 is 2.83 bits per heavy atom. The molecule has 0 bridgehead atoms. The number of rotatable bonds is 6. The molecule has 1 aromatic carbocycles. The number of benzene rings is 1. The molecule has 0 saturated carbocycles. The van der Waals surface area contributed by atoms with Crippen LogP contribution in [0.1, 0.15) is 32.0 Å².